The molecular weight excluding hydrogens is 266 g/mol. The van der Waals surface area contributed by atoms with Gasteiger partial charge in [-0.15, -0.1) is 0 Å². The first-order valence-corrected chi connectivity index (χ1v) is 6.16. The number of aromatic nitrogens is 2. The highest BCUT2D eigenvalue weighted by atomic mass is 79.9. The molecule has 2 aromatic rings. The molecule has 0 aliphatic heterocycles. The van der Waals surface area contributed by atoms with Gasteiger partial charge in [0, 0.05) is 20.0 Å². The standard InChI is InChI=1S/C12H16BrN3/c1-8(2)12-14-11(13)9-6-5-7-10(15(3)4)16(9)12/h5-8H,1-4H3. The molecule has 2 rings (SSSR count). The number of rotatable bonds is 2. The Labute approximate surface area is 104 Å². The fraction of sp³-hybridized carbons (Fsp3) is 0.417. The van der Waals surface area contributed by atoms with Crippen molar-refractivity contribution < 1.29 is 0 Å². The molecule has 0 aromatic carbocycles. The summed E-state index contributed by atoms with van der Waals surface area (Å²) in [6.07, 6.45) is 0. The van der Waals surface area contributed by atoms with Crippen LogP contribution in [0, 0.1) is 0 Å². The second-order valence-electron chi connectivity index (χ2n) is 4.41. The van der Waals surface area contributed by atoms with Crippen molar-refractivity contribution in [1.29, 1.82) is 0 Å². The van der Waals surface area contributed by atoms with Crippen LogP contribution in [0.15, 0.2) is 22.8 Å². The summed E-state index contributed by atoms with van der Waals surface area (Å²) in [5.74, 6) is 2.64. The van der Waals surface area contributed by atoms with E-state index >= 15 is 0 Å². The fourth-order valence-electron chi connectivity index (χ4n) is 1.84. The van der Waals surface area contributed by atoms with Gasteiger partial charge in [-0.25, -0.2) is 4.98 Å². The highest BCUT2D eigenvalue weighted by molar-refractivity contribution is 9.10. The Kier molecular flexibility index (Phi) is 2.93. The van der Waals surface area contributed by atoms with E-state index in [2.05, 4.69) is 62.3 Å². The second kappa shape index (κ2) is 4.09. The van der Waals surface area contributed by atoms with Gasteiger partial charge in [0.2, 0.25) is 0 Å². The molecule has 0 N–H and O–H groups in total. The van der Waals surface area contributed by atoms with E-state index in [0.29, 0.717) is 5.92 Å². The van der Waals surface area contributed by atoms with Crippen LogP contribution < -0.4 is 4.90 Å². The summed E-state index contributed by atoms with van der Waals surface area (Å²) in [5, 5.41) is 0. The minimum absolute atomic E-state index is 0.403. The van der Waals surface area contributed by atoms with Gasteiger partial charge in [0.1, 0.15) is 16.2 Å². The van der Waals surface area contributed by atoms with Crippen LogP contribution in [0.1, 0.15) is 25.6 Å². The number of anilines is 1. The summed E-state index contributed by atoms with van der Waals surface area (Å²) in [6.45, 7) is 4.32. The smallest absolute Gasteiger partial charge is 0.132 e. The van der Waals surface area contributed by atoms with E-state index in [4.69, 9.17) is 0 Å². The van der Waals surface area contributed by atoms with Gasteiger partial charge in [-0.05, 0) is 28.1 Å². The van der Waals surface area contributed by atoms with E-state index in [1.165, 1.54) is 0 Å². The quantitative estimate of drug-likeness (QED) is 0.842. The molecule has 0 saturated carbocycles. The number of imidazole rings is 1. The maximum atomic E-state index is 4.59. The summed E-state index contributed by atoms with van der Waals surface area (Å²) in [7, 11) is 4.10. The lowest BCUT2D eigenvalue weighted by molar-refractivity contribution is 0.765. The van der Waals surface area contributed by atoms with E-state index in [9.17, 15) is 0 Å². The Morgan fingerprint density at radius 3 is 2.56 bits per heavy atom. The number of hydrogen-bond donors (Lipinski definition) is 0. The van der Waals surface area contributed by atoms with Gasteiger partial charge in [-0.1, -0.05) is 19.9 Å². The maximum Gasteiger partial charge on any atom is 0.132 e. The van der Waals surface area contributed by atoms with Crippen LogP contribution in [0.5, 0.6) is 0 Å². The first-order valence-electron chi connectivity index (χ1n) is 5.36. The zero-order valence-corrected chi connectivity index (χ0v) is 11.6. The van der Waals surface area contributed by atoms with Crippen LogP contribution in [0.2, 0.25) is 0 Å². The summed E-state index contributed by atoms with van der Waals surface area (Å²) in [5.41, 5.74) is 1.12. The summed E-state index contributed by atoms with van der Waals surface area (Å²) in [6, 6.07) is 6.24. The molecule has 86 valence electrons. The van der Waals surface area contributed by atoms with Crippen LogP contribution in [0.4, 0.5) is 5.82 Å². The maximum absolute atomic E-state index is 4.59. The summed E-state index contributed by atoms with van der Waals surface area (Å²) < 4.78 is 3.12. The van der Waals surface area contributed by atoms with Crippen molar-refractivity contribution in [2.45, 2.75) is 19.8 Å². The third-order valence-corrected chi connectivity index (χ3v) is 3.18. The van der Waals surface area contributed by atoms with Crippen LogP contribution in [-0.4, -0.2) is 23.5 Å². The van der Waals surface area contributed by atoms with E-state index in [0.717, 1.165) is 21.8 Å². The van der Waals surface area contributed by atoms with Crippen molar-refractivity contribution in [2.75, 3.05) is 19.0 Å². The lowest BCUT2D eigenvalue weighted by Crippen LogP contribution is -2.14. The Balaban J connectivity index is 2.83. The Morgan fingerprint density at radius 1 is 1.31 bits per heavy atom. The first kappa shape index (κ1) is 11.5. The first-order chi connectivity index (χ1) is 7.52. The predicted octanol–water partition coefficient (Wildman–Crippen LogP) is 3.29. The van der Waals surface area contributed by atoms with Gasteiger partial charge in [-0.2, -0.15) is 0 Å². The summed E-state index contributed by atoms with van der Waals surface area (Å²) in [4.78, 5) is 6.69. The predicted molar refractivity (Wildman–Crippen MR) is 71.3 cm³/mol. The molecule has 0 aliphatic rings. The third-order valence-electron chi connectivity index (χ3n) is 2.60. The molecule has 0 unspecified atom stereocenters. The zero-order chi connectivity index (χ0) is 11.9. The number of hydrogen-bond acceptors (Lipinski definition) is 2. The van der Waals surface area contributed by atoms with Crippen molar-refractivity contribution in [3.63, 3.8) is 0 Å². The molecule has 0 saturated heterocycles. The molecule has 0 bridgehead atoms. The molecule has 2 aromatic heterocycles. The molecule has 3 nitrogen and oxygen atoms in total. The van der Waals surface area contributed by atoms with Crippen molar-refractivity contribution in [2.24, 2.45) is 0 Å². The molecule has 0 atom stereocenters. The van der Waals surface area contributed by atoms with E-state index < -0.39 is 0 Å². The minimum Gasteiger partial charge on any atom is -0.364 e. The number of fused-ring (bicyclic) bond motifs is 1. The van der Waals surface area contributed by atoms with Crippen LogP contribution >= 0.6 is 15.9 Å². The molecule has 0 radical (unpaired) electrons. The van der Waals surface area contributed by atoms with E-state index in [1.54, 1.807) is 0 Å². The van der Waals surface area contributed by atoms with Gasteiger partial charge in [0.05, 0.1) is 5.52 Å². The third kappa shape index (κ3) is 1.71. The van der Waals surface area contributed by atoms with Crippen molar-refractivity contribution in [1.82, 2.24) is 9.38 Å². The number of pyridine rings is 1. The minimum atomic E-state index is 0.403. The average molecular weight is 282 g/mol. The van der Waals surface area contributed by atoms with E-state index in [-0.39, 0.29) is 0 Å². The van der Waals surface area contributed by atoms with Gasteiger partial charge in [-0.3, -0.25) is 4.40 Å². The van der Waals surface area contributed by atoms with Crippen LogP contribution in [-0.2, 0) is 0 Å². The SMILES string of the molecule is CC(C)c1nc(Br)c2cccc(N(C)C)n12. The molecule has 0 amide bonds. The van der Waals surface area contributed by atoms with E-state index in [1.807, 2.05) is 14.1 Å². The number of halogens is 1. The fourth-order valence-corrected chi connectivity index (χ4v) is 2.33. The Morgan fingerprint density at radius 2 is 2.00 bits per heavy atom. The second-order valence-corrected chi connectivity index (χ2v) is 5.17. The van der Waals surface area contributed by atoms with Gasteiger partial charge in [0.15, 0.2) is 0 Å². The highest BCUT2D eigenvalue weighted by Gasteiger charge is 2.15. The van der Waals surface area contributed by atoms with Gasteiger partial charge >= 0.3 is 0 Å². The largest absolute Gasteiger partial charge is 0.364 e. The Bertz CT molecular complexity index is 514. The normalized spacial score (nSPS) is 11.4. The molecule has 0 spiro atoms. The van der Waals surface area contributed by atoms with Gasteiger partial charge < -0.3 is 4.90 Å². The van der Waals surface area contributed by atoms with Gasteiger partial charge in [0.25, 0.3) is 0 Å². The molecule has 4 heteroatoms. The van der Waals surface area contributed by atoms with Crippen LogP contribution in [0.25, 0.3) is 5.52 Å². The molecule has 0 fully saturated rings. The summed E-state index contributed by atoms with van der Waals surface area (Å²) >= 11 is 3.52. The number of nitrogens with zero attached hydrogens (tertiary/aromatic N) is 3. The molecule has 16 heavy (non-hydrogen) atoms. The van der Waals surface area contributed by atoms with Crippen molar-refractivity contribution >= 4 is 27.3 Å². The molecular formula is C12H16BrN3. The monoisotopic (exact) mass is 281 g/mol. The average Bonchev–Trinajstić information content (AvgIpc) is 2.56. The van der Waals surface area contributed by atoms with Crippen LogP contribution in [0.3, 0.4) is 0 Å². The Hall–Kier alpha value is -1.03. The lowest BCUT2D eigenvalue weighted by Gasteiger charge is -2.17. The molecule has 2 heterocycles. The zero-order valence-electron chi connectivity index (χ0n) is 10.0. The van der Waals surface area contributed by atoms with Crippen molar-refractivity contribution in [3.05, 3.63) is 28.6 Å². The topological polar surface area (TPSA) is 20.5 Å². The molecule has 0 aliphatic carbocycles. The lowest BCUT2D eigenvalue weighted by atomic mass is 10.2. The van der Waals surface area contributed by atoms with Crippen molar-refractivity contribution in [3.8, 4) is 0 Å². The highest BCUT2D eigenvalue weighted by Crippen LogP contribution is 2.27.